The van der Waals surface area contributed by atoms with E-state index in [1.807, 2.05) is 0 Å². The maximum atomic E-state index is 11.8. The van der Waals surface area contributed by atoms with Crippen molar-refractivity contribution in [1.82, 2.24) is 15.5 Å². The Bertz CT molecular complexity index is 691. The molecule has 7 nitrogen and oxygen atoms in total. The molecule has 1 aliphatic rings. The number of amides is 3. The minimum atomic E-state index is -0.480. The van der Waals surface area contributed by atoms with Crippen molar-refractivity contribution < 1.29 is 14.4 Å². The molecule has 0 saturated carbocycles. The third-order valence-corrected chi connectivity index (χ3v) is 3.07. The molecule has 2 N–H and O–H groups in total. The van der Waals surface area contributed by atoms with Gasteiger partial charge in [0.05, 0.1) is 11.7 Å². The van der Waals surface area contributed by atoms with Crippen LogP contribution in [-0.2, 0) is 4.79 Å². The predicted octanol–water partition coefficient (Wildman–Crippen LogP) is 0.822. The first-order valence-corrected chi connectivity index (χ1v) is 5.72. The Morgan fingerprint density at radius 1 is 1.32 bits per heavy atom. The molecular formula is C12H10N4O3. The van der Waals surface area contributed by atoms with Crippen LogP contribution in [0.25, 0.3) is 10.9 Å². The fourth-order valence-corrected chi connectivity index (χ4v) is 2.13. The monoisotopic (exact) mass is 258 g/mol. The van der Waals surface area contributed by atoms with E-state index in [0.717, 1.165) is 0 Å². The molecule has 1 saturated heterocycles. The molecule has 1 aromatic carbocycles. The van der Waals surface area contributed by atoms with Crippen molar-refractivity contribution >= 4 is 34.8 Å². The second-order valence-electron chi connectivity index (χ2n) is 4.24. The number of benzene rings is 1. The lowest BCUT2D eigenvalue weighted by Gasteiger charge is -2.26. The minimum Gasteiger partial charge on any atom is -0.298 e. The Kier molecular flexibility index (Phi) is 2.52. The van der Waals surface area contributed by atoms with E-state index in [1.165, 1.54) is 4.90 Å². The largest absolute Gasteiger partial charge is 0.328 e. The number of carbonyl (C=O) groups is 3. The summed E-state index contributed by atoms with van der Waals surface area (Å²) in [5.41, 5.74) is 1.68. The van der Waals surface area contributed by atoms with Gasteiger partial charge >= 0.3 is 6.03 Å². The van der Waals surface area contributed by atoms with Gasteiger partial charge in [0.15, 0.2) is 6.29 Å². The average molecular weight is 258 g/mol. The Balaban J connectivity index is 2.07. The summed E-state index contributed by atoms with van der Waals surface area (Å²) in [6, 6.07) is 2.86. The maximum Gasteiger partial charge on any atom is 0.328 e. The number of urea groups is 1. The summed E-state index contributed by atoms with van der Waals surface area (Å²) in [7, 11) is 0. The normalized spacial score (nSPS) is 15.7. The highest BCUT2D eigenvalue weighted by Gasteiger charge is 2.25. The highest BCUT2D eigenvalue weighted by atomic mass is 16.2. The van der Waals surface area contributed by atoms with Gasteiger partial charge in [-0.2, -0.15) is 5.10 Å². The second kappa shape index (κ2) is 4.20. The number of aromatic nitrogens is 2. The Morgan fingerprint density at radius 3 is 2.89 bits per heavy atom. The molecule has 1 aromatic heterocycles. The van der Waals surface area contributed by atoms with Gasteiger partial charge in [0, 0.05) is 29.6 Å². The van der Waals surface area contributed by atoms with Crippen LogP contribution in [0.2, 0.25) is 0 Å². The van der Waals surface area contributed by atoms with E-state index in [4.69, 9.17) is 0 Å². The van der Waals surface area contributed by atoms with Crippen LogP contribution >= 0.6 is 0 Å². The first-order chi connectivity index (χ1) is 9.19. The van der Waals surface area contributed by atoms with Gasteiger partial charge in [0.2, 0.25) is 5.91 Å². The molecule has 0 atom stereocenters. The van der Waals surface area contributed by atoms with Gasteiger partial charge in [-0.15, -0.1) is 0 Å². The van der Waals surface area contributed by atoms with Crippen molar-refractivity contribution in [3.05, 3.63) is 23.9 Å². The number of hydrogen-bond donors (Lipinski definition) is 2. The van der Waals surface area contributed by atoms with Crippen LogP contribution in [0.15, 0.2) is 18.3 Å². The molecule has 3 amide bonds. The van der Waals surface area contributed by atoms with Crippen molar-refractivity contribution in [1.29, 1.82) is 0 Å². The smallest absolute Gasteiger partial charge is 0.298 e. The minimum absolute atomic E-state index is 0.239. The number of nitrogens with one attached hydrogen (secondary N) is 2. The van der Waals surface area contributed by atoms with E-state index in [0.29, 0.717) is 35.0 Å². The van der Waals surface area contributed by atoms with Gasteiger partial charge in [-0.1, -0.05) is 0 Å². The lowest BCUT2D eigenvalue weighted by molar-refractivity contribution is -0.120. The Hall–Kier alpha value is -2.70. The van der Waals surface area contributed by atoms with Crippen molar-refractivity contribution in [2.24, 2.45) is 0 Å². The van der Waals surface area contributed by atoms with Crippen LogP contribution in [0.4, 0.5) is 10.5 Å². The van der Waals surface area contributed by atoms with E-state index < -0.39 is 6.03 Å². The second-order valence-corrected chi connectivity index (χ2v) is 4.24. The molecular weight excluding hydrogens is 248 g/mol. The van der Waals surface area contributed by atoms with Crippen molar-refractivity contribution in [3.63, 3.8) is 0 Å². The number of carbonyl (C=O) groups excluding carboxylic acids is 3. The Labute approximate surface area is 107 Å². The Morgan fingerprint density at radius 2 is 2.16 bits per heavy atom. The number of hydrogen-bond acceptors (Lipinski definition) is 4. The highest BCUT2D eigenvalue weighted by molar-refractivity contribution is 6.07. The SMILES string of the molecule is O=Cc1cc(N2CCC(=O)NC2=O)cc2[nH]ncc12. The van der Waals surface area contributed by atoms with Crippen molar-refractivity contribution in [3.8, 4) is 0 Å². The fourth-order valence-electron chi connectivity index (χ4n) is 2.13. The third kappa shape index (κ3) is 1.85. The van der Waals surface area contributed by atoms with Crippen LogP contribution in [-0.4, -0.2) is 35.0 Å². The topological polar surface area (TPSA) is 95.2 Å². The molecule has 19 heavy (non-hydrogen) atoms. The van der Waals surface area contributed by atoms with Gasteiger partial charge < -0.3 is 0 Å². The number of aldehydes is 1. The molecule has 0 radical (unpaired) electrons. The maximum absolute atomic E-state index is 11.8. The van der Waals surface area contributed by atoms with E-state index >= 15 is 0 Å². The number of aromatic amines is 1. The van der Waals surface area contributed by atoms with Crippen LogP contribution < -0.4 is 10.2 Å². The first-order valence-electron chi connectivity index (χ1n) is 5.72. The molecule has 96 valence electrons. The van der Waals surface area contributed by atoms with Gasteiger partial charge in [-0.3, -0.25) is 24.9 Å². The highest BCUT2D eigenvalue weighted by Crippen LogP contribution is 2.25. The summed E-state index contributed by atoms with van der Waals surface area (Å²) in [6.45, 7) is 0.294. The molecule has 7 heteroatoms. The van der Waals surface area contributed by atoms with Gasteiger partial charge in [-0.25, -0.2) is 4.79 Å². The lowest BCUT2D eigenvalue weighted by atomic mass is 10.1. The van der Waals surface area contributed by atoms with E-state index in [9.17, 15) is 14.4 Å². The lowest BCUT2D eigenvalue weighted by Crippen LogP contribution is -2.49. The van der Waals surface area contributed by atoms with Crippen LogP contribution in [0.5, 0.6) is 0 Å². The summed E-state index contributed by atoms with van der Waals surface area (Å²) < 4.78 is 0. The fraction of sp³-hybridized carbons (Fsp3) is 0.167. The van der Waals surface area contributed by atoms with Crippen molar-refractivity contribution in [2.75, 3.05) is 11.4 Å². The molecule has 1 aliphatic heterocycles. The molecule has 0 spiro atoms. The molecule has 0 unspecified atom stereocenters. The zero-order valence-corrected chi connectivity index (χ0v) is 9.84. The van der Waals surface area contributed by atoms with Gasteiger partial charge in [-0.05, 0) is 12.1 Å². The van der Waals surface area contributed by atoms with Crippen LogP contribution in [0.3, 0.4) is 0 Å². The average Bonchev–Trinajstić information content (AvgIpc) is 2.85. The summed E-state index contributed by atoms with van der Waals surface area (Å²) in [6.07, 6.45) is 2.51. The number of imide groups is 1. The number of anilines is 1. The summed E-state index contributed by atoms with van der Waals surface area (Å²) in [5.74, 6) is -0.292. The molecule has 0 bridgehead atoms. The molecule has 3 rings (SSSR count). The summed E-state index contributed by atoms with van der Waals surface area (Å²) in [4.78, 5) is 35.4. The number of rotatable bonds is 2. The van der Waals surface area contributed by atoms with E-state index in [-0.39, 0.29) is 12.3 Å². The van der Waals surface area contributed by atoms with Crippen LogP contribution in [0.1, 0.15) is 16.8 Å². The number of nitrogens with zero attached hydrogens (tertiary/aromatic N) is 2. The predicted molar refractivity (Wildman–Crippen MR) is 67.0 cm³/mol. The van der Waals surface area contributed by atoms with Gasteiger partial charge in [0.25, 0.3) is 0 Å². The van der Waals surface area contributed by atoms with E-state index in [1.54, 1.807) is 18.3 Å². The number of fused-ring (bicyclic) bond motifs is 1. The zero-order chi connectivity index (χ0) is 13.4. The zero-order valence-electron chi connectivity index (χ0n) is 9.84. The third-order valence-electron chi connectivity index (χ3n) is 3.07. The molecule has 2 heterocycles. The first kappa shape index (κ1) is 11.4. The standard InChI is InChI=1S/C12H10N4O3/c17-6-7-3-8(4-10-9(7)5-13-15-10)16-2-1-11(18)14-12(16)19/h3-6H,1-2H2,(H,13,15)(H,14,18,19). The van der Waals surface area contributed by atoms with Gasteiger partial charge in [0.1, 0.15) is 0 Å². The summed E-state index contributed by atoms with van der Waals surface area (Å²) in [5, 5.41) is 9.58. The summed E-state index contributed by atoms with van der Waals surface area (Å²) >= 11 is 0. The number of H-pyrrole nitrogens is 1. The quantitative estimate of drug-likeness (QED) is 0.779. The van der Waals surface area contributed by atoms with Crippen molar-refractivity contribution in [2.45, 2.75) is 6.42 Å². The molecule has 0 aliphatic carbocycles. The molecule has 1 fully saturated rings. The van der Waals surface area contributed by atoms with E-state index in [2.05, 4.69) is 15.5 Å². The van der Waals surface area contributed by atoms with Crippen LogP contribution in [0, 0.1) is 0 Å². The molecule has 2 aromatic rings.